The lowest BCUT2D eigenvalue weighted by molar-refractivity contribution is -0.113. The fourth-order valence-electron chi connectivity index (χ4n) is 1.93. The molecule has 2 heterocycles. The summed E-state index contributed by atoms with van der Waals surface area (Å²) in [7, 11) is 0. The Balaban J connectivity index is 1.59. The largest absolute Gasteiger partial charge is 0.402 e. The van der Waals surface area contributed by atoms with Crippen molar-refractivity contribution in [3.8, 4) is 10.8 Å². The van der Waals surface area contributed by atoms with Crippen LogP contribution in [0.25, 0.3) is 10.8 Å². The predicted octanol–water partition coefficient (Wildman–Crippen LogP) is 3.68. The minimum atomic E-state index is -0.309. The number of hydrogen-bond donors (Lipinski definition) is 1. The highest BCUT2D eigenvalue weighted by atomic mass is 32.2. The number of hydrogen-bond acceptors (Lipinski definition) is 7. The first kappa shape index (κ1) is 16.6. The number of aromatic nitrogens is 3. The summed E-state index contributed by atoms with van der Waals surface area (Å²) in [5.74, 6) is -0.103. The lowest BCUT2D eigenvalue weighted by atomic mass is 10.4. The Morgan fingerprint density at radius 2 is 2.04 bits per heavy atom. The molecule has 0 aliphatic heterocycles. The van der Waals surface area contributed by atoms with Gasteiger partial charge in [-0.2, -0.15) is 0 Å². The SMILES string of the molecule is Cc1nc(C)c(-c2nnc(NC(=O)CSc3ccc(F)cc3)o2)s1. The molecule has 9 heteroatoms. The molecule has 6 nitrogen and oxygen atoms in total. The average Bonchev–Trinajstić information content (AvgIpc) is 3.12. The molecule has 24 heavy (non-hydrogen) atoms. The van der Waals surface area contributed by atoms with Crippen molar-refractivity contribution >= 4 is 35.0 Å². The van der Waals surface area contributed by atoms with E-state index in [1.165, 1.54) is 35.2 Å². The standard InChI is InChI=1S/C15H13FN4O2S2/c1-8-13(24-9(2)17-8)14-19-20-15(22-14)18-12(21)7-23-11-5-3-10(16)4-6-11/h3-6H,7H2,1-2H3,(H,18,20,21). The van der Waals surface area contributed by atoms with Gasteiger partial charge in [-0.3, -0.25) is 10.1 Å². The number of carbonyl (C=O) groups is 1. The average molecular weight is 364 g/mol. The van der Waals surface area contributed by atoms with Gasteiger partial charge in [-0.25, -0.2) is 9.37 Å². The van der Waals surface area contributed by atoms with E-state index in [1.807, 2.05) is 13.8 Å². The van der Waals surface area contributed by atoms with Crippen molar-refractivity contribution in [2.45, 2.75) is 18.7 Å². The van der Waals surface area contributed by atoms with Gasteiger partial charge in [0, 0.05) is 4.90 Å². The third-order valence-electron chi connectivity index (χ3n) is 2.95. The number of nitrogens with zero attached hydrogens (tertiary/aromatic N) is 3. The molecule has 0 saturated carbocycles. The van der Waals surface area contributed by atoms with E-state index >= 15 is 0 Å². The number of aryl methyl sites for hydroxylation is 2. The molecule has 0 aliphatic carbocycles. The van der Waals surface area contributed by atoms with E-state index in [4.69, 9.17) is 4.42 Å². The minimum absolute atomic E-state index is 0.0418. The van der Waals surface area contributed by atoms with Crippen LogP contribution in [0.2, 0.25) is 0 Å². The molecule has 0 unspecified atom stereocenters. The zero-order valence-corrected chi connectivity index (χ0v) is 14.5. The van der Waals surface area contributed by atoms with E-state index in [1.54, 1.807) is 12.1 Å². The molecule has 1 N–H and O–H groups in total. The third-order valence-corrected chi connectivity index (χ3v) is 5.03. The molecule has 3 aromatic rings. The first-order chi connectivity index (χ1) is 11.5. The monoisotopic (exact) mass is 364 g/mol. The van der Waals surface area contributed by atoms with Crippen molar-refractivity contribution < 1.29 is 13.6 Å². The van der Waals surface area contributed by atoms with Crippen LogP contribution in [0.3, 0.4) is 0 Å². The second kappa shape index (κ2) is 7.10. The molecule has 124 valence electrons. The summed E-state index contributed by atoms with van der Waals surface area (Å²) in [6.45, 7) is 3.76. The summed E-state index contributed by atoms with van der Waals surface area (Å²) >= 11 is 2.74. The van der Waals surface area contributed by atoms with Crippen LogP contribution >= 0.6 is 23.1 Å². The van der Waals surface area contributed by atoms with Gasteiger partial charge >= 0.3 is 6.01 Å². The number of carbonyl (C=O) groups excluding carboxylic acids is 1. The van der Waals surface area contributed by atoms with Crippen LogP contribution in [0.5, 0.6) is 0 Å². The molecule has 1 aromatic carbocycles. The molecule has 2 aromatic heterocycles. The van der Waals surface area contributed by atoms with Crippen molar-refractivity contribution in [1.29, 1.82) is 0 Å². The van der Waals surface area contributed by atoms with Crippen molar-refractivity contribution in [3.05, 3.63) is 40.8 Å². The lowest BCUT2D eigenvalue weighted by Gasteiger charge is -2.01. The van der Waals surface area contributed by atoms with Crippen LogP contribution in [0, 0.1) is 19.7 Å². The van der Waals surface area contributed by atoms with Gasteiger partial charge in [0.05, 0.1) is 16.5 Å². The summed E-state index contributed by atoms with van der Waals surface area (Å²) in [4.78, 5) is 17.8. The van der Waals surface area contributed by atoms with Crippen LogP contribution in [0.15, 0.2) is 33.6 Å². The van der Waals surface area contributed by atoms with E-state index in [9.17, 15) is 9.18 Å². The smallest absolute Gasteiger partial charge is 0.322 e. The summed E-state index contributed by atoms with van der Waals surface area (Å²) in [5, 5.41) is 11.2. The molecule has 1 amide bonds. The van der Waals surface area contributed by atoms with E-state index < -0.39 is 0 Å². The van der Waals surface area contributed by atoms with Crippen molar-refractivity contribution in [2.24, 2.45) is 0 Å². The fraction of sp³-hybridized carbons (Fsp3) is 0.200. The molecule has 0 bridgehead atoms. The number of benzene rings is 1. The first-order valence-electron chi connectivity index (χ1n) is 6.97. The Labute approximate surface area is 145 Å². The molecule has 0 atom stereocenters. The zero-order valence-electron chi connectivity index (χ0n) is 12.9. The molecule has 3 rings (SSSR count). The maximum atomic E-state index is 12.8. The van der Waals surface area contributed by atoms with Gasteiger partial charge in [-0.15, -0.1) is 28.2 Å². The quantitative estimate of drug-likeness (QED) is 0.696. The van der Waals surface area contributed by atoms with Gasteiger partial charge in [0.25, 0.3) is 5.89 Å². The van der Waals surface area contributed by atoms with Crippen molar-refractivity contribution in [1.82, 2.24) is 15.2 Å². The molecule has 0 spiro atoms. The number of rotatable bonds is 5. The highest BCUT2D eigenvalue weighted by Crippen LogP contribution is 2.29. The van der Waals surface area contributed by atoms with E-state index in [-0.39, 0.29) is 23.5 Å². The maximum Gasteiger partial charge on any atom is 0.322 e. The van der Waals surface area contributed by atoms with E-state index in [0.717, 1.165) is 20.5 Å². The summed E-state index contributed by atoms with van der Waals surface area (Å²) in [6, 6.07) is 5.98. The maximum absolute atomic E-state index is 12.8. The number of amides is 1. The third kappa shape index (κ3) is 3.98. The molecular formula is C15H13FN4O2S2. The predicted molar refractivity (Wildman–Crippen MR) is 90.6 cm³/mol. The fourth-order valence-corrected chi connectivity index (χ4v) is 3.47. The Morgan fingerprint density at radius 3 is 2.71 bits per heavy atom. The van der Waals surface area contributed by atoms with Crippen LogP contribution in [0.4, 0.5) is 10.4 Å². The van der Waals surface area contributed by atoms with Gasteiger partial charge < -0.3 is 4.42 Å². The summed E-state index contributed by atoms with van der Waals surface area (Å²) in [5.41, 5.74) is 0.811. The van der Waals surface area contributed by atoms with Gasteiger partial charge in [-0.05, 0) is 38.1 Å². The Bertz CT molecular complexity index is 861. The second-order valence-electron chi connectivity index (χ2n) is 4.85. The number of halogens is 1. The molecule has 0 radical (unpaired) electrons. The molecule has 0 saturated heterocycles. The van der Waals surface area contributed by atoms with Gasteiger partial charge in [0.1, 0.15) is 10.7 Å². The second-order valence-corrected chi connectivity index (χ2v) is 7.10. The minimum Gasteiger partial charge on any atom is -0.402 e. The first-order valence-corrected chi connectivity index (χ1v) is 8.77. The highest BCUT2D eigenvalue weighted by molar-refractivity contribution is 8.00. The number of thiazole rings is 1. The zero-order chi connectivity index (χ0) is 17.1. The highest BCUT2D eigenvalue weighted by Gasteiger charge is 2.16. The molecule has 0 fully saturated rings. The van der Waals surface area contributed by atoms with Gasteiger partial charge in [-0.1, -0.05) is 5.10 Å². The number of nitrogens with one attached hydrogen (secondary N) is 1. The van der Waals surface area contributed by atoms with Crippen LogP contribution in [-0.2, 0) is 4.79 Å². The van der Waals surface area contributed by atoms with E-state index in [0.29, 0.717) is 5.89 Å². The molecule has 0 aliphatic rings. The Hall–Kier alpha value is -2.26. The Morgan fingerprint density at radius 1 is 1.29 bits per heavy atom. The van der Waals surface area contributed by atoms with E-state index in [2.05, 4.69) is 20.5 Å². The topological polar surface area (TPSA) is 80.9 Å². The summed E-state index contributed by atoms with van der Waals surface area (Å²) < 4.78 is 18.3. The van der Waals surface area contributed by atoms with Crippen molar-refractivity contribution in [2.75, 3.05) is 11.1 Å². The lowest BCUT2D eigenvalue weighted by Crippen LogP contribution is -2.14. The number of thioether (sulfide) groups is 1. The van der Waals surface area contributed by atoms with Gasteiger partial charge in [0.15, 0.2) is 0 Å². The Kier molecular flexibility index (Phi) is 4.91. The van der Waals surface area contributed by atoms with Crippen LogP contribution in [0.1, 0.15) is 10.7 Å². The van der Waals surface area contributed by atoms with Crippen molar-refractivity contribution in [3.63, 3.8) is 0 Å². The van der Waals surface area contributed by atoms with Gasteiger partial charge in [0.2, 0.25) is 5.91 Å². The number of anilines is 1. The summed E-state index contributed by atoms with van der Waals surface area (Å²) in [6.07, 6.45) is 0. The normalized spacial score (nSPS) is 10.8. The van der Waals surface area contributed by atoms with Crippen LogP contribution in [-0.4, -0.2) is 26.8 Å². The molecular weight excluding hydrogens is 351 g/mol. The van der Waals surface area contributed by atoms with Crippen LogP contribution < -0.4 is 5.32 Å².